The summed E-state index contributed by atoms with van der Waals surface area (Å²) in [5.41, 5.74) is 0. The highest BCUT2D eigenvalue weighted by atomic mass is 32.2. The minimum Gasteiger partial charge on any atom is -0.494 e. The first kappa shape index (κ1) is 17.7. The number of aliphatic hydroxyl groups excluding tert-OH is 1. The summed E-state index contributed by atoms with van der Waals surface area (Å²) < 4.78 is 31.8. The highest BCUT2D eigenvalue weighted by Gasteiger charge is 2.22. The summed E-state index contributed by atoms with van der Waals surface area (Å²) in [7, 11) is -3.50. The Balaban J connectivity index is 2.85. The summed E-state index contributed by atoms with van der Waals surface area (Å²) in [5.74, 6) is 0.591. The Kier molecular flexibility index (Phi) is 7.42. The van der Waals surface area contributed by atoms with Gasteiger partial charge in [0.05, 0.1) is 11.5 Å². The molecule has 0 amide bonds. The van der Waals surface area contributed by atoms with Gasteiger partial charge in [-0.3, -0.25) is 0 Å². The second-order valence-corrected chi connectivity index (χ2v) is 6.49. The fraction of sp³-hybridized carbons (Fsp3) is 0.467. The molecule has 1 aromatic carbocycles. The maximum atomic E-state index is 12.5. The molecule has 1 aromatic rings. The van der Waals surface area contributed by atoms with E-state index in [0.717, 1.165) is 6.42 Å². The SMILES string of the molecule is C=CCN(CCC)S(=O)(=O)c1ccc(OCCCO)cc1. The maximum absolute atomic E-state index is 12.5. The molecule has 0 radical (unpaired) electrons. The molecule has 0 spiro atoms. The summed E-state index contributed by atoms with van der Waals surface area (Å²) >= 11 is 0. The van der Waals surface area contributed by atoms with E-state index in [2.05, 4.69) is 6.58 Å². The average Bonchev–Trinajstić information content (AvgIpc) is 2.48. The van der Waals surface area contributed by atoms with Crippen molar-refractivity contribution in [3.8, 4) is 5.75 Å². The van der Waals surface area contributed by atoms with Crippen molar-refractivity contribution in [1.29, 1.82) is 0 Å². The van der Waals surface area contributed by atoms with Gasteiger partial charge in [-0.1, -0.05) is 13.0 Å². The monoisotopic (exact) mass is 313 g/mol. The number of rotatable bonds is 10. The molecule has 6 heteroatoms. The van der Waals surface area contributed by atoms with Gasteiger partial charge in [0, 0.05) is 26.1 Å². The van der Waals surface area contributed by atoms with Gasteiger partial charge in [0.25, 0.3) is 0 Å². The number of hydrogen-bond acceptors (Lipinski definition) is 4. The Labute approximate surface area is 126 Å². The standard InChI is InChI=1S/C15H23NO4S/c1-3-10-16(11-4-2)21(18,19)15-8-6-14(7-9-15)20-13-5-12-17/h3,6-9,17H,1,4-5,10-13H2,2H3. The molecule has 21 heavy (non-hydrogen) atoms. The van der Waals surface area contributed by atoms with Gasteiger partial charge in [-0.25, -0.2) is 8.42 Å². The van der Waals surface area contributed by atoms with Crippen LogP contribution in [-0.2, 0) is 10.0 Å². The summed E-state index contributed by atoms with van der Waals surface area (Å²) in [6.07, 6.45) is 2.87. The van der Waals surface area contributed by atoms with Crippen LogP contribution in [0, 0.1) is 0 Å². The molecule has 0 aliphatic carbocycles. The van der Waals surface area contributed by atoms with Crippen molar-refractivity contribution in [2.24, 2.45) is 0 Å². The molecular formula is C15H23NO4S. The second-order valence-electron chi connectivity index (χ2n) is 4.55. The van der Waals surface area contributed by atoms with Gasteiger partial charge in [0.2, 0.25) is 10.0 Å². The first-order chi connectivity index (χ1) is 10.1. The van der Waals surface area contributed by atoms with Crippen LogP contribution in [-0.4, -0.2) is 44.1 Å². The smallest absolute Gasteiger partial charge is 0.243 e. The van der Waals surface area contributed by atoms with Crippen LogP contribution in [0.25, 0.3) is 0 Å². The number of aliphatic hydroxyl groups is 1. The number of benzene rings is 1. The molecule has 1 N–H and O–H groups in total. The van der Waals surface area contributed by atoms with E-state index in [1.165, 1.54) is 16.4 Å². The van der Waals surface area contributed by atoms with Crippen LogP contribution < -0.4 is 4.74 Å². The van der Waals surface area contributed by atoms with E-state index in [4.69, 9.17) is 9.84 Å². The molecule has 0 heterocycles. The Morgan fingerprint density at radius 3 is 2.52 bits per heavy atom. The van der Waals surface area contributed by atoms with E-state index < -0.39 is 10.0 Å². The van der Waals surface area contributed by atoms with E-state index in [1.54, 1.807) is 18.2 Å². The summed E-state index contributed by atoms with van der Waals surface area (Å²) in [6, 6.07) is 6.33. The lowest BCUT2D eigenvalue weighted by molar-refractivity contribution is 0.233. The molecular weight excluding hydrogens is 290 g/mol. The molecule has 0 aromatic heterocycles. The molecule has 5 nitrogen and oxygen atoms in total. The Hall–Kier alpha value is -1.37. The van der Waals surface area contributed by atoms with Gasteiger partial charge in [0.15, 0.2) is 0 Å². The molecule has 0 atom stereocenters. The third-order valence-electron chi connectivity index (χ3n) is 2.84. The largest absolute Gasteiger partial charge is 0.494 e. The maximum Gasteiger partial charge on any atom is 0.243 e. The minimum atomic E-state index is -3.50. The van der Waals surface area contributed by atoms with Crippen molar-refractivity contribution in [3.63, 3.8) is 0 Å². The minimum absolute atomic E-state index is 0.0694. The molecule has 0 bridgehead atoms. The molecule has 0 aliphatic heterocycles. The number of hydrogen-bond donors (Lipinski definition) is 1. The van der Waals surface area contributed by atoms with Crippen molar-refractivity contribution < 1.29 is 18.3 Å². The van der Waals surface area contributed by atoms with Gasteiger partial charge in [-0.2, -0.15) is 4.31 Å². The lowest BCUT2D eigenvalue weighted by Gasteiger charge is -2.20. The average molecular weight is 313 g/mol. The molecule has 0 fully saturated rings. The van der Waals surface area contributed by atoms with Crippen LogP contribution >= 0.6 is 0 Å². The van der Waals surface area contributed by atoms with Crippen molar-refractivity contribution in [2.45, 2.75) is 24.7 Å². The Morgan fingerprint density at radius 1 is 1.33 bits per heavy atom. The van der Waals surface area contributed by atoms with E-state index in [1.807, 2.05) is 6.92 Å². The van der Waals surface area contributed by atoms with Gasteiger partial charge in [-0.15, -0.1) is 6.58 Å². The highest BCUT2D eigenvalue weighted by molar-refractivity contribution is 7.89. The van der Waals surface area contributed by atoms with Crippen LogP contribution in [0.2, 0.25) is 0 Å². The lowest BCUT2D eigenvalue weighted by Crippen LogP contribution is -2.31. The predicted octanol–water partition coefficient (Wildman–Crippen LogP) is 2.03. The molecule has 118 valence electrons. The first-order valence-electron chi connectivity index (χ1n) is 7.01. The van der Waals surface area contributed by atoms with Gasteiger partial charge in [-0.05, 0) is 30.7 Å². The molecule has 0 saturated carbocycles. The zero-order chi connectivity index (χ0) is 15.7. The predicted molar refractivity (Wildman–Crippen MR) is 82.9 cm³/mol. The molecule has 0 unspecified atom stereocenters. The molecule has 1 rings (SSSR count). The van der Waals surface area contributed by atoms with Crippen molar-refractivity contribution in [3.05, 3.63) is 36.9 Å². The van der Waals surface area contributed by atoms with Crippen LogP contribution in [0.3, 0.4) is 0 Å². The van der Waals surface area contributed by atoms with Crippen molar-refractivity contribution in [2.75, 3.05) is 26.3 Å². The lowest BCUT2D eigenvalue weighted by atomic mass is 10.3. The van der Waals surface area contributed by atoms with Crippen LogP contribution in [0.1, 0.15) is 19.8 Å². The quantitative estimate of drug-likeness (QED) is 0.530. The number of nitrogens with zero attached hydrogens (tertiary/aromatic N) is 1. The van der Waals surface area contributed by atoms with Gasteiger partial charge >= 0.3 is 0 Å². The van der Waals surface area contributed by atoms with Crippen LogP contribution in [0.4, 0.5) is 0 Å². The van der Waals surface area contributed by atoms with Gasteiger partial charge < -0.3 is 9.84 Å². The second kappa shape index (κ2) is 8.81. The highest BCUT2D eigenvalue weighted by Crippen LogP contribution is 2.20. The molecule has 0 aliphatic rings. The van der Waals surface area contributed by atoms with E-state index in [-0.39, 0.29) is 11.5 Å². The van der Waals surface area contributed by atoms with Crippen molar-refractivity contribution >= 4 is 10.0 Å². The topological polar surface area (TPSA) is 66.8 Å². The van der Waals surface area contributed by atoms with E-state index in [0.29, 0.717) is 31.9 Å². The number of sulfonamides is 1. The fourth-order valence-electron chi connectivity index (χ4n) is 1.81. The zero-order valence-electron chi connectivity index (χ0n) is 12.4. The summed E-state index contributed by atoms with van der Waals surface area (Å²) in [6.45, 7) is 6.76. The third-order valence-corrected chi connectivity index (χ3v) is 4.72. The fourth-order valence-corrected chi connectivity index (χ4v) is 3.32. The van der Waals surface area contributed by atoms with Gasteiger partial charge in [0.1, 0.15) is 5.75 Å². The molecule has 0 saturated heterocycles. The number of ether oxygens (including phenoxy) is 1. The zero-order valence-corrected chi connectivity index (χ0v) is 13.2. The Bertz CT molecular complexity index is 525. The van der Waals surface area contributed by atoms with Crippen molar-refractivity contribution in [1.82, 2.24) is 4.31 Å². The van der Waals surface area contributed by atoms with Crippen LogP contribution in [0.5, 0.6) is 5.75 Å². The third kappa shape index (κ3) is 5.15. The van der Waals surface area contributed by atoms with E-state index >= 15 is 0 Å². The summed E-state index contributed by atoms with van der Waals surface area (Å²) in [4.78, 5) is 0.243. The summed E-state index contributed by atoms with van der Waals surface area (Å²) in [5, 5.41) is 8.68. The first-order valence-corrected chi connectivity index (χ1v) is 8.45. The Morgan fingerprint density at radius 2 is 2.00 bits per heavy atom. The van der Waals surface area contributed by atoms with Crippen LogP contribution in [0.15, 0.2) is 41.8 Å². The van der Waals surface area contributed by atoms with E-state index in [9.17, 15) is 8.42 Å². The normalized spacial score (nSPS) is 11.6.